The monoisotopic (exact) mass is 499 g/mol. The lowest BCUT2D eigenvalue weighted by Gasteiger charge is -2.18. The molecular formula is C25H21N7O5. The maximum absolute atomic E-state index is 13.0. The number of benzene rings is 2. The standard InChI is InChI=1S/C25H21N7O5/c26-23(34)16-4-1-14(2-5-16)11-28-25(36)19-10-18(30-21-7-8-29-32(19)21)24(35)27-12-15-3-6-20-17(9-15)31-22(33)13-37-20/h1-10H,11-13H2,(H2,26,34)(H,27,35)(H,28,36)(H,31,33). The van der Waals surface area contributed by atoms with E-state index in [2.05, 4.69) is 26.0 Å². The Balaban J connectivity index is 1.29. The molecule has 0 radical (unpaired) electrons. The molecule has 0 spiro atoms. The highest BCUT2D eigenvalue weighted by atomic mass is 16.5. The van der Waals surface area contributed by atoms with Crippen LogP contribution in [0.2, 0.25) is 0 Å². The quantitative estimate of drug-likeness (QED) is 0.294. The predicted molar refractivity (Wildman–Crippen MR) is 131 cm³/mol. The third-order valence-corrected chi connectivity index (χ3v) is 5.65. The molecule has 0 saturated carbocycles. The van der Waals surface area contributed by atoms with Gasteiger partial charge in [-0.3, -0.25) is 19.2 Å². The fourth-order valence-electron chi connectivity index (χ4n) is 3.76. The van der Waals surface area contributed by atoms with Gasteiger partial charge in [0.15, 0.2) is 12.3 Å². The molecule has 37 heavy (non-hydrogen) atoms. The van der Waals surface area contributed by atoms with E-state index in [9.17, 15) is 19.2 Å². The van der Waals surface area contributed by atoms with E-state index in [1.807, 2.05) is 0 Å². The SMILES string of the molecule is NC(=O)c1ccc(CNC(=O)c2cc(C(=O)NCc3ccc4c(c3)NC(=O)CO4)nc3ccnn23)cc1. The lowest BCUT2D eigenvalue weighted by molar-refractivity contribution is -0.118. The van der Waals surface area contributed by atoms with E-state index in [1.165, 1.54) is 16.8 Å². The van der Waals surface area contributed by atoms with Crippen molar-refractivity contribution in [2.45, 2.75) is 13.1 Å². The summed E-state index contributed by atoms with van der Waals surface area (Å²) in [7, 11) is 0. The Morgan fingerprint density at radius 3 is 2.49 bits per heavy atom. The van der Waals surface area contributed by atoms with E-state index in [1.54, 1.807) is 48.5 Å². The maximum atomic E-state index is 13.0. The molecule has 4 aromatic rings. The number of rotatable bonds is 7. The number of carbonyl (C=O) groups excluding carboxylic acids is 4. The van der Waals surface area contributed by atoms with Crippen molar-refractivity contribution < 1.29 is 23.9 Å². The van der Waals surface area contributed by atoms with Crippen molar-refractivity contribution in [3.63, 3.8) is 0 Å². The van der Waals surface area contributed by atoms with Gasteiger partial charge < -0.3 is 26.4 Å². The minimum absolute atomic E-state index is 0.0384. The van der Waals surface area contributed by atoms with Crippen molar-refractivity contribution >= 4 is 35.0 Å². The van der Waals surface area contributed by atoms with E-state index in [4.69, 9.17) is 10.5 Å². The van der Waals surface area contributed by atoms with Crippen LogP contribution in [0.1, 0.15) is 42.5 Å². The lowest BCUT2D eigenvalue weighted by atomic mass is 10.1. The maximum Gasteiger partial charge on any atom is 0.270 e. The average molecular weight is 499 g/mol. The number of primary amides is 1. The Hall–Kier alpha value is -5.26. The minimum Gasteiger partial charge on any atom is -0.482 e. The summed E-state index contributed by atoms with van der Waals surface area (Å²) in [6, 6.07) is 14.7. The first-order valence-electron chi connectivity index (χ1n) is 11.2. The van der Waals surface area contributed by atoms with Crippen LogP contribution in [0, 0.1) is 0 Å². The topological polar surface area (TPSA) is 170 Å². The summed E-state index contributed by atoms with van der Waals surface area (Å²) < 4.78 is 6.68. The van der Waals surface area contributed by atoms with Crippen LogP contribution in [0.15, 0.2) is 60.8 Å². The van der Waals surface area contributed by atoms with Gasteiger partial charge in [0, 0.05) is 30.8 Å². The Morgan fingerprint density at radius 2 is 1.70 bits per heavy atom. The zero-order valence-electron chi connectivity index (χ0n) is 19.4. The van der Waals surface area contributed by atoms with Crippen LogP contribution in [0.3, 0.4) is 0 Å². The van der Waals surface area contributed by atoms with E-state index in [0.29, 0.717) is 22.6 Å². The molecule has 0 atom stereocenters. The fraction of sp³-hybridized carbons (Fsp3) is 0.120. The molecule has 3 heterocycles. The highest BCUT2D eigenvalue weighted by Gasteiger charge is 2.19. The van der Waals surface area contributed by atoms with Gasteiger partial charge in [0.1, 0.15) is 17.1 Å². The molecule has 0 bridgehead atoms. The summed E-state index contributed by atoms with van der Waals surface area (Å²) in [4.78, 5) is 53.0. The summed E-state index contributed by atoms with van der Waals surface area (Å²) >= 11 is 0. The number of aromatic nitrogens is 3. The van der Waals surface area contributed by atoms with Crippen molar-refractivity contribution in [3.8, 4) is 5.75 Å². The van der Waals surface area contributed by atoms with Crippen LogP contribution >= 0.6 is 0 Å². The number of anilines is 1. The van der Waals surface area contributed by atoms with Crippen LogP contribution < -0.4 is 26.4 Å². The summed E-state index contributed by atoms with van der Waals surface area (Å²) in [5, 5.41) is 12.4. The molecular weight excluding hydrogens is 478 g/mol. The van der Waals surface area contributed by atoms with Crippen LogP contribution in [-0.2, 0) is 17.9 Å². The van der Waals surface area contributed by atoms with Crippen molar-refractivity contribution in [1.29, 1.82) is 0 Å². The Labute approximate surface area is 209 Å². The first-order chi connectivity index (χ1) is 17.9. The number of hydrogen-bond acceptors (Lipinski definition) is 7. The smallest absolute Gasteiger partial charge is 0.270 e. The van der Waals surface area contributed by atoms with Crippen molar-refractivity contribution in [3.05, 3.63) is 88.9 Å². The van der Waals surface area contributed by atoms with Gasteiger partial charge in [-0.05, 0) is 35.4 Å². The summed E-state index contributed by atoms with van der Waals surface area (Å²) in [5.74, 6) is -1.18. The molecule has 0 aliphatic carbocycles. The van der Waals surface area contributed by atoms with Gasteiger partial charge in [-0.2, -0.15) is 5.10 Å². The Morgan fingerprint density at radius 1 is 0.973 bits per heavy atom. The summed E-state index contributed by atoms with van der Waals surface area (Å²) in [6.07, 6.45) is 1.48. The molecule has 1 aliphatic rings. The molecule has 4 amide bonds. The van der Waals surface area contributed by atoms with Gasteiger partial charge in [0.2, 0.25) is 5.91 Å². The number of nitrogens with one attached hydrogen (secondary N) is 3. The van der Waals surface area contributed by atoms with Crippen molar-refractivity contribution in [1.82, 2.24) is 25.2 Å². The molecule has 2 aromatic carbocycles. The fourth-order valence-corrected chi connectivity index (χ4v) is 3.76. The zero-order chi connectivity index (χ0) is 25.9. The molecule has 5 rings (SSSR count). The largest absolute Gasteiger partial charge is 0.482 e. The highest BCUT2D eigenvalue weighted by Crippen LogP contribution is 2.28. The molecule has 0 unspecified atom stereocenters. The van der Waals surface area contributed by atoms with Crippen molar-refractivity contribution in [2.24, 2.45) is 5.73 Å². The van der Waals surface area contributed by atoms with Gasteiger partial charge in [-0.1, -0.05) is 18.2 Å². The second-order valence-corrected chi connectivity index (χ2v) is 8.22. The molecule has 2 aromatic heterocycles. The van der Waals surface area contributed by atoms with E-state index in [0.717, 1.165) is 11.1 Å². The van der Waals surface area contributed by atoms with Gasteiger partial charge in [-0.15, -0.1) is 0 Å². The predicted octanol–water partition coefficient (Wildman–Crippen LogP) is 1.02. The molecule has 1 aliphatic heterocycles. The van der Waals surface area contributed by atoms with Gasteiger partial charge in [0.25, 0.3) is 17.7 Å². The molecule has 0 saturated heterocycles. The van der Waals surface area contributed by atoms with Crippen LogP contribution in [0.5, 0.6) is 5.75 Å². The average Bonchev–Trinajstić information content (AvgIpc) is 3.38. The first kappa shape index (κ1) is 23.5. The molecule has 12 heteroatoms. The normalized spacial score (nSPS) is 12.3. The second kappa shape index (κ2) is 9.77. The van der Waals surface area contributed by atoms with Crippen LogP contribution in [0.4, 0.5) is 5.69 Å². The Bertz CT molecular complexity index is 1550. The Kier molecular flexibility index (Phi) is 6.20. The number of nitrogens with two attached hydrogens (primary N) is 1. The van der Waals surface area contributed by atoms with E-state index < -0.39 is 17.7 Å². The van der Waals surface area contributed by atoms with E-state index in [-0.39, 0.29) is 37.0 Å². The van der Waals surface area contributed by atoms with Gasteiger partial charge >= 0.3 is 0 Å². The molecule has 0 fully saturated rings. The van der Waals surface area contributed by atoms with Crippen LogP contribution in [0.25, 0.3) is 5.65 Å². The molecule has 186 valence electrons. The number of carbonyl (C=O) groups is 4. The molecule has 12 nitrogen and oxygen atoms in total. The second-order valence-electron chi connectivity index (χ2n) is 8.22. The lowest BCUT2D eigenvalue weighted by Crippen LogP contribution is -2.28. The zero-order valence-corrected chi connectivity index (χ0v) is 19.4. The number of amides is 4. The van der Waals surface area contributed by atoms with Crippen LogP contribution in [-0.4, -0.2) is 44.8 Å². The third kappa shape index (κ3) is 5.07. The highest BCUT2D eigenvalue weighted by molar-refractivity contribution is 5.98. The number of hydrogen-bond donors (Lipinski definition) is 4. The van der Waals surface area contributed by atoms with Gasteiger partial charge in [-0.25, -0.2) is 9.50 Å². The molecule has 5 N–H and O–H groups in total. The number of fused-ring (bicyclic) bond motifs is 2. The number of ether oxygens (including phenoxy) is 1. The summed E-state index contributed by atoms with van der Waals surface area (Å²) in [6.45, 7) is 0.309. The summed E-state index contributed by atoms with van der Waals surface area (Å²) in [5.41, 5.74) is 8.15. The van der Waals surface area contributed by atoms with Crippen molar-refractivity contribution in [2.75, 3.05) is 11.9 Å². The first-order valence-corrected chi connectivity index (χ1v) is 11.2. The van der Waals surface area contributed by atoms with Gasteiger partial charge in [0.05, 0.1) is 11.9 Å². The third-order valence-electron chi connectivity index (χ3n) is 5.65. The minimum atomic E-state index is -0.535. The van der Waals surface area contributed by atoms with E-state index >= 15 is 0 Å². The number of nitrogens with zero attached hydrogens (tertiary/aromatic N) is 3.